The third-order valence-electron chi connectivity index (χ3n) is 6.27. The smallest absolute Gasteiger partial charge is 0.264 e. The van der Waals surface area contributed by atoms with E-state index in [2.05, 4.69) is 33.2 Å². The van der Waals surface area contributed by atoms with Crippen LogP contribution in [-0.2, 0) is 10.0 Å². The number of rotatable bonds is 9. The van der Waals surface area contributed by atoms with Crippen LogP contribution in [0.4, 0.5) is 5.95 Å². The molecule has 0 saturated heterocycles. The zero-order valence-electron chi connectivity index (χ0n) is 21.2. The molecule has 9 heteroatoms. The SMILES string of the molecule is C=CCCCCCC[C@@H]1COc2cc(-c3ccccc3C=C)nc(n2)NS(=O)(=O)c2cccc(c2)C(=O)N1. The molecule has 4 bridgehead atoms. The molecule has 8 nitrogen and oxygen atoms in total. The normalized spacial score (nSPS) is 16.4. The minimum absolute atomic E-state index is 0.0638. The lowest BCUT2D eigenvalue weighted by Crippen LogP contribution is -2.39. The molecule has 0 spiro atoms. The first-order valence-corrected chi connectivity index (χ1v) is 14.2. The van der Waals surface area contributed by atoms with E-state index in [0.29, 0.717) is 12.1 Å². The number of unbranched alkanes of at least 4 members (excludes halogenated alkanes) is 4. The van der Waals surface area contributed by atoms with E-state index < -0.39 is 10.0 Å². The summed E-state index contributed by atoms with van der Waals surface area (Å²) in [5.41, 5.74) is 2.31. The Morgan fingerprint density at radius 2 is 1.82 bits per heavy atom. The van der Waals surface area contributed by atoms with Gasteiger partial charge in [-0.2, -0.15) is 4.98 Å². The molecule has 1 amide bonds. The van der Waals surface area contributed by atoms with E-state index in [1.165, 1.54) is 18.2 Å². The number of benzene rings is 2. The van der Waals surface area contributed by atoms with Crippen LogP contribution >= 0.6 is 0 Å². The van der Waals surface area contributed by atoms with Crippen LogP contribution in [0.3, 0.4) is 0 Å². The highest BCUT2D eigenvalue weighted by Gasteiger charge is 2.22. The number of hydrogen-bond donors (Lipinski definition) is 2. The molecule has 0 unspecified atom stereocenters. The second-order valence-corrected chi connectivity index (χ2v) is 10.8. The Labute approximate surface area is 223 Å². The average Bonchev–Trinajstić information content (AvgIpc) is 2.92. The molecule has 4 rings (SSSR count). The first-order valence-electron chi connectivity index (χ1n) is 12.7. The Kier molecular flexibility index (Phi) is 8.91. The van der Waals surface area contributed by atoms with Crippen molar-refractivity contribution in [2.75, 3.05) is 11.3 Å². The van der Waals surface area contributed by atoms with Crippen molar-refractivity contribution in [3.8, 4) is 17.1 Å². The number of allylic oxidation sites excluding steroid dienone is 1. The fourth-order valence-electron chi connectivity index (χ4n) is 4.26. The van der Waals surface area contributed by atoms with Crippen molar-refractivity contribution in [1.29, 1.82) is 0 Å². The number of carbonyl (C=O) groups excluding carboxylic acids is 1. The highest BCUT2D eigenvalue weighted by Crippen LogP contribution is 2.28. The van der Waals surface area contributed by atoms with Crippen LogP contribution in [0.2, 0.25) is 0 Å². The van der Waals surface area contributed by atoms with Gasteiger partial charge < -0.3 is 10.1 Å². The predicted molar refractivity (Wildman–Crippen MR) is 149 cm³/mol. The van der Waals surface area contributed by atoms with E-state index in [4.69, 9.17) is 4.74 Å². The highest BCUT2D eigenvalue weighted by atomic mass is 32.2. The molecule has 198 valence electrons. The predicted octanol–water partition coefficient (Wildman–Crippen LogP) is 5.60. The lowest BCUT2D eigenvalue weighted by Gasteiger charge is -2.19. The van der Waals surface area contributed by atoms with Gasteiger partial charge in [0.25, 0.3) is 15.9 Å². The zero-order chi connectivity index (χ0) is 27.0. The summed E-state index contributed by atoms with van der Waals surface area (Å²) in [7, 11) is -4.07. The standard InChI is InChI=1S/C29H32N4O4S/c1-3-5-6-7-8-9-15-23-20-37-27-19-26(25-17-11-10-13-21(25)4-2)31-29(32-27)33-38(35,36)24-16-12-14-22(18-24)28(34)30-23/h3-4,10-14,16-19,23H,1-2,5-9,15,20H2,(H,30,34)(H,31,32,33)/t23-/m1/s1. The number of aromatic nitrogens is 2. The molecule has 2 heterocycles. The molecule has 1 aliphatic heterocycles. The minimum Gasteiger partial charge on any atom is -0.475 e. The van der Waals surface area contributed by atoms with Crippen LogP contribution in [0, 0.1) is 0 Å². The van der Waals surface area contributed by atoms with Crippen molar-refractivity contribution in [2.24, 2.45) is 0 Å². The minimum atomic E-state index is -4.07. The van der Waals surface area contributed by atoms with Crippen molar-refractivity contribution < 1.29 is 17.9 Å². The summed E-state index contributed by atoms with van der Waals surface area (Å²) >= 11 is 0. The average molecular weight is 533 g/mol. The third-order valence-corrected chi connectivity index (χ3v) is 7.60. The van der Waals surface area contributed by atoms with Crippen LogP contribution in [0.25, 0.3) is 17.3 Å². The quantitative estimate of drug-likeness (QED) is 0.274. The van der Waals surface area contributed by atoms with Crippen LogP contribution in [0.5, 0.6) is 5.88 Å². The first kappa shape index (κ1) is 27.1. The topological polar surface area (TPSA) is 110 Å². The van der Waals surface area contributed by atoms with Gasteiger partial charge in [0.05, 0.1) is 16.6 Å². The molecule has 38 heavy (non-hydrogen) atoms. The number of anilines is 1. The van der Waals surface area contributed by atoms with Gasteiger partial charge in [0.15, 0.2) is 0 Å². The number of carbonyl (C=O) groups is 1. The van der Waals surface area contributed by atoms with Crippen molar-refractivity contribution >= 4 is 28.0 Å². The summed E-state index contributed by atoms with van der Waals surface area (Å²) in [5, 5.41) is 3.01. The molecule has 3 aromatic rings. The first-order chi connectivity index (χ1) is 18.4. The molecule has 0 fully saturated rings. The monoisotopic (exact) mass is 532 g/mol. The van der Waals surface area contributed by atoms with E-state index in [-0.39, 0.29) is 40.8 Å². The lowest BCUT2D eigenvalue weighted by atomic mass is 10.0. The summed E-state index contributed by atoms with van der Waals surface area (Å²) < 4.78 is 34.8. The summed E-state index contributed by atoms with van der Waals surface area (Å²) in [4.78, 5) is 21.8. The molecule has 1 aliphatic rings. The molecule has 0 radical (unpaired) electrons. The fourth-order valence-corrected chi connectivity index (χ4v) is 5.25. The Balaban J connectivity index is 1.69. The van der Waals surface area contributed by atoms with E-state index in [9.17, 15) is 13.2 Å². The Hall–Kier alpha value is -3.98. The lowest BCUT2D eigenvalue weighted by molar-refractivity contribution is 0.0916. The summed E-state index contributed by atoms with van der Waals surface area (Å²) in [5.74, 6) is -0.290. The molecule has 2 N–H and O–H groups in total. The van der Waals surface area contributed by atoms with Gasteiger partial charge in [0.1, 0.15) is 6.61 Å². The van der Waals surface area contributed by atoms with Gasteiger partial charge in [-0.1, -0.05) is 68.3 Å². The number of ether oxygens (including phenoxy) is 1. The van der Waals surface area contributed by atoms with Crippen molar-refractivity contribution in [3.63, 3.8) is 0 Å². The van der Waals surface area contributed by atoms with Gasteiger partial charge in [-0.05, 0) is 43.0 Å². The van der Waals surface area contributed by atoms with Crippen molar-refractivity contribution in [3.05, 3.63) is 85.0 Å². The van der Waals surface area contributed by atoms with E-state index in [1.54, 1.807) is 18.2 Å². The number of fused-ring (bicyclic) bond motifs is 4. The van der Waals surface area contributed by atoms with E-state index in [0.717, 1.165) is 43.2 Å². The Bertz CT molecular complexity index is 1420. The van der Waals surface area contributed by atoms with Crippen LogP contribution in [0.15, 0.2) is 78.7 Å². The van der Waals surface area contributed by atoms with Crippen molar-refractivity contribution in [1.82, 2.24) is 15.3 Å². The summed E-state index contributed by atoms with van der Waals surface area (Å²) in [6.45, 7) is 7.80. The van der Waals surface area contributed by atoms with Gasteiger partial charge in [0, 0.05) is 17.2 Å². The maximum absolute atomic E-state index is 13.2. The second kappa shape index (κ2) is 12.5. The Morgan fingerprint density at radius 1 is 1.00 bits per heavy atom. The van der Waals surface area contributed by atoms with E-state index >= 15 is 0 Å². The zero-order valence-corrected chi connectivity index (χ0v) is 22.0. The summed E-state index contributed by atoms with van der Waals surface area (Å²) in [6.07, 6.45) is 9.43. The second-order valence-electron chi connectivity index (χ2n) is 9.10. The van der Waals surface area contributed by atoms with Crippen LogP contribution < -0.4 is 14.8 Å². The van der Waals surface area contributed by atoms with E-state index in [1.807, 2.05) is 30.3 Å². The number of amides is 1. The highest BCUT2D eigenvalue weighted by molar-refractivity contribution is 7.92. The molecule has 0 aliphatic carbocycles. The maximum atomic E-state index is 13.2. The number of sulfonamides is 1. The molecular weight excluding hydrogens is 500 g/mol. The molecule has 2 aromatic carbocycles. The van der Waals surface area contributed by atoms with Gasteiger partial charge in [0.2, 0.25) is 11.8 Å². The van der Waals surface area contributed by atoms with Gasteiger partial charge in [-0.25, -0.2) is 18.1 Å². The Morgan fingerprint density at radius 3 is 2.63 bits per heavy atom. The third kappa shape index (κ3) is 6.86. The van der Waals surface area contributed by atoms with Gasteiger partial charge in [-0.15, -0.1) is 6.58 Å². The number of nitrogens with zero attached hydrogens (tertiary/aromatic N) is 2. The molecule has 1 atom stereocenters. The van der Waals surface area contributed by atoms with Gasteiger partial charge in [-0.3, -0.25) is 4.79 Å². The molecule has 1 aromatic heterocycles. The van der Waals surface area contributed by atoms with Gasteiger partial charge >= 0.3 is 0 Å². The van der Waals surface area contributed by atoms with Crippen LogP contribution in [0.1, 0.15) is 54.4 Å². The maximum Gasteiger partial charge on any atom is 0.264 e. The number of hydrogen-bond acceptors (Lipinski definition) is 6. The largest absolute Gasteiger partial charge is 0.475 e. The molecule has 0 saturated carbocycles. The molecular formula is C29H32N4O4S. The van der Waals surface area contributed by atoms with Crippen LogP contribution in [-0.4, -0.2) is 36.9 Å². The fraction of sp³-hybridized carbons (Fsp3) is 0.276. The van der Waals surface area contributed by atoms with Crippen molar-refractivity contribution in [2.45, 2.75) is 49.5 Å². The summed E-state index contributed by atoms with van der Waals surface area (Å²) in [6, 6.07) is 14.8. The number of nitrogens with one attached hydrogen (secondary N) is 2.